The highest BCUT2D eigenvalue weighted by Crippen LogP contribution is 2.27. The Morgan fingerprint density at radius 2 is 2.17 bits per heavy atom. The molecule has 1 N–H and O–H groups in total. The molecule has 0 saturated carbocycles. The fourth-order valence-corrected chi connectivity index (χ4v) is 3.00. The quantitative estimate of drug-likeness (QED) is 0.787. The zero-order valence-electron chi connectivity index (χ0n) is 13.3. The standard InChI is InChI=1S/C16H16ClN5O2/c1-9-5-13(21(2)20-9)15(23)18-11-7-22(8-11)16-19-12-6-10(17)3-4-14(12)24-16/h3-6,11H,7-8H2,1-2H3,(H,18,23). The molecule has 1 aliphatic rings. The molecule has 1 saturated heterocycles. The van der Waals surface area contributed by atoms with Crippen LogP contribution in [0.2, 0.25) is 5.02 Å². The third kappa shape index (κ3) is 2.60. The summed E-state index contributed by atoms with van der Waals surface area (Å²) in [7, 11) is 1.76. The SMILES string of the molecule is Cc1cc(C(=O)NC2CN(c3nc4cc(Cl)ccc4o3)C2)n(C)n1. The molecule has 8 heteroatoms. The van der Waals surface area contributed by atoms with Gasteiger partial charge in [0.05, 0.1) is 11.7 Å². The average Bonchev–Trinajstić information content (AvgIpc) is 3.04. The number of hydrogen-bond donors (Lipinski definition) is 1. The molecule has 4 rings (SSSR count). The van der Waals surface area contributed by atoms with E-state index >= 15 is 0 Å². The van der Waals surface area contributed by atoms with Crippen molar-refractivity contribution in [3.05, 3.63) is 40.7 Å². The lowest BCUT2D eigenvalue weighted by molar-refractivity contribution is 0.0919. The lowest BCUT2D eigenvalue weighted by Gasteiger charge is -2.38. The summed E-state index contributed by atoms with van der Waals surface area (Å²) >= 11 is 5.96. The first-order valence-corrected chi connectivity index (χ1v) is 8.00. The van der Waals surface area contributed by atoms with E-state index in [1.165, 1.54) is 0 Å². The molecule has 3 heterocycles. The number of hydrogen-bond acceptors (Lipinski definition) is 5. The Hall–Kier alpha value is -2.54. The number of carbonyl (C=O) groups is 1. The summed E-state index contributed by atoms with van der Waals surface area (Å²) < 4.78 is 7.31. The van der Waals surface area contributed by atoms with Gasteiger partial charge < -0.3 is 14.6 Å². The van der Waals surface area contributed by atoms with Gasteiger partial charge in [0.15, 0.2) is 5.58 Å². The van der Waals surface area contributed by atoms with Crippen molar-refractivity contribution >= 4 is 34.6 Å². The van der Waals surface area contributed by atoms with Crippen LogP contribution in [-0.4, -0.2) is 39.8 Å². The van der Waals surface area contributed by atoms with Gasteiger partial charge in [-0.3, -0.25) is 9.48 Å². The number of fused-ring (bicyclic) bond motifs is 1. The summed E-state index contributed by atoms with van der Waals surface area (Å²) in [5.41, 5.74) is 2.81. The minimum atomic E-state index is -0.118. The lowest BCUT2D eigenvalue weighted by Crippen LogP contribution is -2.59. The first-order valence-electron chi connectivity index (χ1n) is 7.62. The minimum absolute atomic E-state index is 0.0614. The molecule has 1 amide bonds. The van der Waals surface area contributed by atoms with Crippen LogP contribution in [-0.2, 0) is 7.05 Å². The Morgan fingerprint density at radius 1 is 1.38 bits per heavy atom. The summed E-state index contributed by atoms with van der Waals surface area (Å²) in [5, 5.41) is 7.81. The van der Waals surface area contributed by atoms with Crippen LogP contribution in [0.3, 0.4) is 0 Å². The van der Waals surface area contributed by atoms with Crippen LogP contribution in [0.5, 0.6) is 0 Å². The monoisotopic (exact) mass is 345 g/mol. The van der Waals surface area contributed by atoms with Gasteiger partial charge in [-0.05, 0) is 31.2 Å². The van der Waals surface area contributed by atoms with Gasteiger partial charge in [0, 0.05) is 25.2 Å². The van der Waals surface area contributed by atoms with Gasteiger partial charge in [-0.25, -0.2) is 0 Å². The normalized spacial score (nSPS) is 14.9. The molecular formula is C16H16ClN5O2. The number of benzene rings is 1. The highest BCUT2D eigenvalue weighted by atomic mass is 35.5. The maximum absolute atomic E-state index is 12.3. The van der Waals surface area contributed by atoms with Gasteiger partial charge in [0.2, 0.25) is 0 Å². The van der Waals surface area contributed by atoms with Gasteiger partial charge in [-0.1, -0.05) is 11.6 Å². The predicted molar refractivity (Wildman–Crippen MR) is 90.4 cm³/mol. The molecule has 1 fully saturated rings. The number of nitrogens with one attached hydrogen (secondary N) is 1. The van der Waals surface area contributed by atoms with Crippen LogP contribution in [0.25, 0.3) is 11.1 Å². The zero-order chi connectivity index (χ0) is 16.8. The topological polar surface area (TPSA) is 76.2 Å². The molecule has 0 aliphatic carbocycles. The van der Waals surface area contributed by atoms with Crippen LogP contribution in [0.15, 0.2) is 28.7 Å². The number of oxazole rings is 1. The molecule has 0 bridgehead atoms. The van der Waals surface area contributed by atoms with Crippen molar-refractivity contribution in [1.82, 2.24) is 20.1 Å². The number of nitrogens with zero attached hydrogens (tertiary/aromatic N) is 4. The number of aromatic nitrogens is 3. The Kier molecular flexibility index (Phi) is 3.45. The lowest BCUT2D eigenvalue weighted by atomic mass is 10.1. The number of carbonyl (C=O) groups excluding carboxylic acids is 1. The third-order valence-electron chi connectivity index (χ3n) is 4.06. The average molecular weight is 346 g/mol. The third-order valence-corrected chi connectivity index (χ3v) is 4.30. The summed E-state index contributed by atoms with van der Waals surface area (Å²) in [6, 6.07) is 7.73. The van der Waals surface area contributed by atoms with Gasteiger partial charge in [0.1, 0.15) is 11.2 Å². The molecule has 0 atom stereocenters. The Labute approximate surface area is 143 Å². The number of aryl methyl sites for hydroxylation is 2. The molecule has 0 spiro atoms. The number of halogens is 1. The second-order valence-electron chi connectivity index (χ2n) is 5.98. The van der Waals surface area contributed by atoms with Gasteiger partial charge in [-0.15, -0.1) is 0 Å². The largest absolute Gasteiger partial charge is 0.423 e. The molecule has 124 valence electrons. The zero-order valence-corrected chi connectivity index (χ0v) is 14.0. The van der Waals surface area contributed by atoms with Crippen molar-refractivity contribution in [2.45, 2.75) is 13.0 Å². The van der Waals surface area contributed by atoms with Crippen molar-refractivity contribution in [2.75, 3.05) is 18.0 Å². The van der Waals surface area contributed by atoms with Gasteiger partial charge in [-0.2, -0.15) is 10.1 Å². The van der Waals surface area contributed by atoms with E-state index in [1.807, 2.05) is 11.8 Å². The molecular weight excluding hydrogens is 330 g/mol. The highest BCUT2D eigenvalue weighted by Gasteiger charge is 2.32. The van der Waals surface area contributed by atoms with Crippen LogP contribution < -0.4 is 10.2 Å². The first kappa shape index (κ1) is 15.0. The van der Waals surface area contributed by atoms with Gasteiger partial charge in [0.25, 0.3) is 11.9 Å². The van der Waals surface area contributed by atoms with E-state index in [0.29, 0.717) is 35.4 Å². The summed E-state index contributed by atoms with van der Waals surface area (Å²) in [6.45, 7) is 3.17. The van der Waals surface area contributed by atoms with Gasteiger partial charge >= 0.3 is 0 Å². The molecule has 1 aromatic carbocycles. The van der Waals surface area contributed by atoms with Crippen LogP contribution in [0.4, 0.5) is 6.01 Å². The molecule has 7 nitrogen and oxygen atoms in total. The fraction of sp³-hybridized carbons (Fsp3) is 0.312. The van der Waals surface area contributed by atoms with Crippen LogP contribution in [0, 0.1) is 6.92 Å². The molecule has 3 aromatic rings. The van der Waals surface area contributed by atoms with Crippen LogP contribution in [0.1, 0.15) is 16.2 Å². The Morgan fingerprint density at radius 3 is 2.88 bits per heavy atom. The molecule has 2 aromatic heterocycles. The summed E-state index contributed by atoms with van der Waals surface area (Å²) in [5.74, 6) is -0.118. The molecule has 0 radical (unpaired) electrons. The van der Waals surface area contributed by atoms with Crippen molar-refractivity contribution in [2.24, 2.45) is 7.05 Å². The van der Waals surface area contributed by atoms with E-state index in [4.69, 9.17) is 16.0 Å². The van der Waals surface area contributed by atoms with Crippen molar-refractivity contribution in [3.8, 4) is 0 Å². The van der Waals surface area contributed by atoms with Crippen molar-refractivity contribution in [3.63, 3.8) is 0 Å². The molecule has 1 aliphatic heterocycles. The minimum Gasteiger partial charge on any atom is -0.423 e. The van der Waals surface area contributed by atoms with E-state index in [-0.39, 0.29) is 11.9 Å². The summed E-state index contributed by atoms with van der Waals surface area (Å²) in [4.78, 5) is 18.7. The fourth-order valence-electron chi connectivity index (χ4n) is 2.83. The van der Waals surface area contributed by atoms with E-state index in [1.54, 1.807) is 36.0 Å². The maximum atomic E-state index is 12.3. The highest BCUT2D eigenvalue weighted by molar-refractivity contribution is 6.31. The molecule has 0 unspecified atom stereocenters. The smallest absolute Gasteiger partial charge is 0.298 e. The number of anilines is 1. The van der Waals surface area contributed by atoms with Crippen LogP contribution >= 0.6 is 11.6 Å². The first-order chi connectivity index (χ1) is 11.5. The predicted octanol–water partition coefficient (Wildman–Crippen LogP) is 2.14. The second kappa shape index (κ2) is 5.52. The summed E-state index contributed by atoms with van der Waals surface area (Å²) in [6.07, 6.45) is 0. The Bertz CT molecular complexity index is 926. The van der Waals surface area contributed by atoms with Crippen molar-refractivity contribution < 1.29 is 9.21 Å². The number of amides is 1. The number of rotatable bonds is 3. The van der Waals surface area contributed by atoms with E-state index < -0.39 is 0 Å². The maximum Gasteiger partial charge on any atom is 0.298 e. The second-order valence-corrected chi connectivity index (χ2v) is 6.41. The van der Waals surface area contributed by atoms with E-state index in [0.717, 1.165) is 11.2 Å². The van der Waals surface area contributed by atoms with E-state index in [9.17, 15) is 4.79 Å². The van der Waals surface area contributed by atoms with E-state index in [2.05, 4.69) is 15.4 Å². The Balaban J connectivity index is 1.40. The molecule has 24 heavy (non-hydrogen) atoms. The van der Waals surface area contributed by atoms with Crippen molar-refractivity contribution in [1.29, 1.82) is 0 Å².